The second-order valence-corrected chi connectivity index (χ2v) is 8.94. The predicted molar refractivity (Wildman–Crippen MR) is 131 cm³/mol. The molecule has 34 heavy (non-hydrogen) atoms. The average molecular weight is 468 g/mol. The SMILES string of the molecule is C#CCN1CC(=O)N2C(CN(C(CC)CCC)C(=O)[C@@H]2CCC)N1C(=O)NCc1ccccc1. The molecule has 0 aromatic heterocycles. The van der Waals surface area contributed by atoms with Gasteiger partial charge in [0.15, 0.2) is 0 Å². The van der Waals surface area contributed by atoms with Gasteiger partial charge in [-0.2, -0.15) is 5.01 Å². The van der Waals surface area contributed by atoms with Crippen molar-refractivity contribution in [3.05, 3.63) is 35.9 Å². The molecule has 184 valence electrons. The van der Waals surface area contributed by atoms with Crippen molar-refractivity contribution in [1.29, 1.82) is 0 Å². The topological polar surface area (TPSA) is 76.2 Å². The number of benzene rings is 1. The monoisotopic (exact) mass is 467 g/mol. The molecule has 3 atom stereocenters. The van der Waals surface area contributed by atoms with Crippen molar-refractivity contribution in [2.75, 3.05) is 19.6 Å². The second kappa shape index (κ2) is 11.9. The lowest BCUT2D eigenvalue weighted by Crippen LogP contribution is -2.77. The van der Waals surface area contributed by atoms with Crippen molar-refractivity contribution in [2.45, 2.75) is 77.7 Å². The first-order valence-electron chi connectivity index (χ1n) is 12.4. The summed E-state index contributed by atoms with van der Waals surface area (Å²) in [6.45, 7) is 6.93. The molecule has 2 unspecified atom stereocenters. The van der Waals surface area contributed by atoms with Crippen LogP contribution in [-0.2, 0) is 16.1 Å². The van der Waals surface area contributed by atoms with Gasteiger partial charge >= 0.3 is 6.03 Å². The number of rotatable bonds is 9. The van der Waals surface area contributed by atoms with Crippen LogP contribution < -0.4 is 5.32 Å². The van der Waals surface area contributed by atoms with E-state index in [4.69, 9.17) is 6.42 Å². The number of amides is 4. The molecule has 1 aromatic carbocycles. The first-order valence-corrected chi connectivity index (χ1v) is 12.4. The maximum atomic E-state index is 13.6. The zero-order valence-electron chi connectivity index (χ0n) is 20.6. The summed E-state index contributed by atoms with van der Waals surface area (Å²) in [6, 6.07) is 8.84. The lowest BCUT2D eigenvalue weighted by Gasteiger charge is -2.56. The number of hydrazine groups is 1. The molecule has 2 fully saturated rings. The van der Waals surface area contributed by atoms with Crippen LogP contribution in [0.2, 0.25) is 0 Å². The van der Waals surface area contributed by atoms with Crippen molar-refractivity contribution in [2.24, 2.45) is 0 Å². The van der Waals surface area contributed by atoms with E-state index in [-0.39, 0.29) is 43.5 Å². The highest BCUT2D eigenvalue weighted by Gasteiger charge is 2.51. The molecule has 0 bridgehead atoms. The molecule has 0 spiro atoms. The number of hydrogen-bond acceptors (Lipinski definition) is 4. The van der Waals surface area contributed by atoms with E-state index < -0.39 is 12.2 Å². The summed E-state index contributed by atoms with van der Waals surface area (Å²) in [4.78, 5) is 43.8. The zero-order chi connectivity index (χ0) is 24.7. The minimum atomic E-state index is -0.592. The number of piperazine rings is 1. The van der Waals surface area contributed by atoms with Crippen LogP contribution in [0.15, 0.2) is 30.3 Å². The normalized spacial score (nSPS) is 21.8. The highest BCUT2D eigenvalue weighted by atomic mass is 16.2. The molecule has 2 saturated heterocycles. The predicted octanol–water partition coefficient (Wildman–Crippen LogP) is 2.81. The number of fused-ring (bicyclic) bond motifs is 1. The summed E-state index contributed by atoms with van der Waals surface area (Å²) in [7, 11) is 0. The molecular weight excluding hydrogens is 430 g/mol. The fraction of sp³-hybridized carbons (Fsp3) is 0.577. The highest BCUT2D eigenvalue weighted by molar-refractivity contribution is 5.91. The molecule has 3 rings (SSSR count). The third kappa shape index (κ3) is 5.36. The summed E-state index contributed by atoms with van der Waals surface area (Å²) in [5.41, 5.74) is 0.975. The van der Waals surface area contributed by atoms with E-state index >= 15 is 0 Å². The van der Waals surface area contributed by atoms with Crippen LogP contribution >= 0.6 is 0 Å². The lowest BCUT2D eigenvalue weighted by atomic mass is 9.98. The van der Waals surface area contributed by atoms with Crippen molar-refractivity contribution < 1.29 is 14.4 Å². The Kier molecular flexibility index (Phi) is 8.94. The van der Waals surface area contributed by atoms with Gasteiger partial charge in [0.1, 0.15) is 12.2 Å². The zero-order valence-corrected chi connectivity index (χ0v) is 20.6. The van der Waals surface area contributed by atoms with Crippen molar-refractivity contribution in [3.63, 3.8) is 0 Å². The van der Waals surface area contributed by atoms with Gasteiger partial charge in [-0.05, 0) is 24.8 Å². The van der Waals surface area contributed by atoms with E-state index in [0.29, 0.717) is 13.0 Å². The van der Waals surface area contributed by atoms with Crippen LogP contribution in [0.4, 0.5) is 4.79 Å². The van der Waals surface area contributed by atoms with E-state index in [2.05, 4.69) is 25.1 Å². The summed E-state index contributed by atoms with van der Waals surface area (Å²) < 4.78 is 0. The molecule has 8 nitrogen and oxygen atoms in total. The summed E-state index contributed by atoms with van der Waals surface area (Å²) in [6.07, 6.45) is 9.00. The van der Waals surface area contributed by atoms with Gasteiger partial charge in [-0.15, -0.1) is 6.42 Å². The van der Waals surface area contributed by atoms with E-state index in [0.717, 1.165) is 31.2 Å². The van der Waals surface area contributed by atoms with Gasteiger partial charge in [-0.3, -0.25) is 9.59 Å². The summed E-state index contributed by atoms with van der Waals surface area (Å²) >= 11 is 0. The standard InChI is InChI=1S/C26H37N5O3/c1-5-12-21(8-4)29-18-23-30(22(13-6-2)25(29)33)24(32)19-28(16-7-3)31(23)26(34)27-17-20-14-10-9-11-15-20/h3,9-11,14-15,21-23H,5-6,8,12-13,16-19H2,1-2,4H3,(H,27,34)/t21?,22-,23?/m0/s1. The van der Waals surface area contributed by atoms with Crippen LogP contribution in [0, 0.1) is 12.3 Å². The van der Waals surface area contributed by atoms with Gasteiger partial charge in [-0.1, -0.05) is 69.9 Å². The molecule has 2 aliphatic rings. The Morgan fingerprint density at radius 3 is 2.53 bits per heavy atom. The largest absolute Gasteiger partial charge is 0.334 e. The minimum absolute atomic E-state index is 0.0122. The Labute approximate surface area is 203 Å². The van der Waals surface area contributed by atoms with Gasteiger partial charge in [-0.25, -0.2) is 9.80 Å². The number of nitrogens with zero attached hydrogens (tertiary/aromatic N) is 4. The van der Waals surface area contributed by atoms with Crippen molar-refractivity contribution in [3.8, 4) is 12.3 Å². The van der Waals surface area contributed by atoms with E-state index in [1.807, 2.05) is 42.2 Å². The summed E-state index contributed by atoms with van der Waals surface area (Å²) in [5, 5.41) is 6.18. The molecule has 8 heteroatoms. The van der Waals surface area contributed by atoms with E-state index in [9.17, 15) is 14.4 Å². The highest BCUT2D eigenvalue weighted by Crippen LogP contribution is 2.30. The Bertz CT molecular complexity index is 899. The van der Waals surface area contributed by atoms with Crippen LogP contribution in [-0.4, -0.2) is 75.5 Å². The minimum Gasteiger partial charge on any atom is -0.334 e. The van der Waals surface area contributed by atoms with Gasteiger partial charge in [0.2, 0.25) is 11.8 Å². The first kappa shape index (κ1) is 25.6. The molecule has 0 aliphatic carbocycles. The van der Waals surface area contributed by atoms with Crippen molar-refractivity contribution in [1.82, 2.24) is 25.1 Å². The Hall–Kier alpha value is -3.05. The molecule has 0 radical (unpaired) electrons. The average Bonchev–Trinajstić information content (AvgIpc) is 2.83. The molecule has 4 amide bonds. The van der Waals surface area contributed by atoms with Gasteiger partial charge in [0, 0.05) is 12.6 Å². The molecule has 1 aromatic rings. The fourth-order valence-electron chi connectivity index (χ4n) is 5.04. The third-order valence-electron chi connectivity index (χ3n) is 6.64. The third-order valence-corrected chi connectivity index (χ3v) is 6.64. The van der Waals surface area contributed by atoms with Crippen molar-refractivity contribution >= 4 is 17.8 Å². The fourth-order valence-corrected chi connectivity index (χ4v) is 5.04. The second-order valence-electron chi connectivity index (χ2n) is 8.94. The molecule has 2 heterocycles. The lowest BCUT2D eigenvalue weighted by molar-refractivity contribution is -0.191. The first-order chi connectivity index (χ1) is 16.5. The Balaban J connectivity index is 1.94. The number of terminal acetylenes is 1. The quantitative estimate of drug-likeness (QED) is 0.567. The molecule has 1 N–H and O–H groups in total. The summed E-state index contributed by atoms with van der Waals surface area (Å²) in [5.74, 6) is 2.40. The molecule has 2 aliphatic heterocycles. The van der Waals surface area contributed by atoms with Gasteiger partial charge < -0.3 is 15.1 Å². The number of carbonyl (C=O) groups is 3. The van der Waals surface area contributed by atoms with E-state index in [1.165, 1.54) is 0 Å². The smallest absolute Gasteiger partial charge is 0.334 e. The molecule has 0 saturated carbocycles. The van der Waals surface area contributed by atoms with Gasteiger partial charge in [0.05, 0.1) is 19.6 Å². The van der Waals surface area contributed by atoms with E-state index in [1.54, 1.807) is 14.9 Å². The molecular formula is C26H37N5O3. The number of urea groups is 1. The van der Waals surface area contributed by atoms with Crippen LogP contribution in [0.1, 0.15) is 58.4 Å². The number of hydrogen-bond donors (Lipinski definition) is 1. The van der Waals surface area contributed by atoms with Crippen LogP contribution in [0.25, 0.3) is 0 Å². The Morgan fingerprint density at radius 2 is 1.91 bits per heavy atom. The maximum absolute atomic E-state index is 13.6. The number of nitrogens with one attached hydrogen (secondary N) is 1. The maximum Gasteiger partial charge on any atom is 0.334 e. The van der Waals surface area contributed by atoms with Crippen LogP contribution in [0.5, 0.6) is 0 Å². The van der Waals surface area contributed by atoms with Crippen LogP contribution in [0.3, 0.4) is 0 Å². The number of carbonyl (C=O) groups excluding carboxylic acids is 3. The van der Waals surface area contributed by atoms with Gasteiger partial charge in [0.25, 0.3) is 0 Å². The Morgan fingerprint density at radius 1 is 1.18 bits per heavy atom.